The van der Waals surface area contributed by atoms with Crippen LogP contribution in [-0.4, -0.2) is 44.8 Å². The van der Waals surface area contributed by atoms with Crippen LogP contribution in [0, 0.1) is 0 Å². The zero-order valence-electron chi connectivity index (χ0n) is 9.85. The topological polar surface area (TPSA) is 33.3 Å². The lowest BCUT2D eigenvalue weighted by Crippen LogP contribution is -2.37. The monoisotopic (exact) mass is 236 g/mol. The molecule has 1 fully saturated rings. The molecule has 3 nitrogen and oxygen atoms in total. The molecule has 1 unspecified atom stereocenters. The van der Waals surface area contributed by atoms with Crippen LogP contribution >= 0.6 is 0 Å². The average Bonchev–Trinajstić information content (AvgIpc) is 3.03. The minimum absolute atomic E-state index is 0.403. The fourth-order valence-corrected chi connectivity index (χ4v) is 1.40. The molecular weight excluding hydrogens is 214 g/mol. The highest BCUT2D eigenvalue weighted by molar-refractivity contribution is 4.82. The lowest BCUT2D eigenvalue weighted by atomic mass is 10.3. The van der Waals surface area contributed by atoms with Crippen molar-refractivity contribution in [3.8, 4) is 0 Å². The number of alkyl halides is 2. The van der Waals surface area contributed by atoms with Crippen LogP contribution in [0.5, 0.6) is 0 Å². The summed E-state index contributed by atoms with van der Waals surface area (Å²) in [6.07, 6.45) is 1.03. The van der Waals surface area contributed by atoms with Crippen LogP contribution < -0.4 is 10.6 Å². The Balaban J connectivity index is 1.78. The third-order valence-corrected chi connectivity index (χ3v) is 2.49. The van der Waals surface area contributed by atoms with Gasteiger partial charge in [-0.15, -0.1) is 0 Å². The molecule has 0 radical (unpaired) electrons. The molecule has 0 aromatic heterocycles. The number of hydrogen-bond acceptors (Lipinski definition) is 3. The molecule has 1 rings (SSSR count). The van der Waals surface area contributed by atoms with Gasteiger partial charge in [-0.1, -0.05) is 0 Å². The first kappa shape index (κ1) is 13.8. The average molecular weight is 236 g/mol. The molecular formula is C11H22F2N2O. The molecule has 0 bridgehead atoms. The molecule has 0 aliphatic heterocycles. The predicted molar refractivity (Wildman–Crippen MR) is 59.9 cm³/mol. The smallest absolute Gasteiger partial charge is 0.261 e. The summed E-state index contributed by atoms with van der Waals surface area (Å²) in [4.78, 5) is 0. The van der Waals surface area contributed by atoms with E-state index in [1.54, 1.807) is 0 Å². The molecule has 0 spiro atoms. The van der Waals surface area contributed by atoms with E-state index < -0.39 is 13.0 Å². The van der Waals surface area contributed by atoms with Gasteiger partial charge in [-0.3, -0.25) is 0 Å². The fraction of sp³-hybridized carbons (Fsp3) is 1.00. The number of ether oxygens (including phenoxy) is 1. The highest BCUT2D eigenvalue weighted by atomic mass is 19.3. The minimum atomic E-state index is -2.35. The maximum absolute atomic E-state index is 11.7. The van der Waals surface area contributed by atoms with Gasteiger partial charge >= 0.3 is 0 Å². The highest BCUT2D eigenvalue weighted by Crippen LogP contribution is 2.18. The van der Waals surface area contributed by atoms with E-state index in [0.717, 1.165) is 25.6 Å². The molecule has 1 atom stereocenters. The van der Waals surface area contributed by atoms with Crippen LogP contribution in [0.4, 0.5) is 8.78 Å². The minimum Gasteiger partial charge on any atom is -0.375 e. The first-order valence-corrected chi connectivity index (χ1v) is 6.01. The number of nitrogens with one attached hydrogen (secondary N) is 2. The summed E-state index contributed by atoms with van der Waals surface area (Å²) in [7, 11) is 0. The van der Waals surface area contributed by atoms with Gasteiger partial charge in [0.25, 0.3) is 6.43 Å². The van der Waals surface area contributed by atoms with Gasteiger partial charge in [0.05, 0.1) is 0 Å². The second kappa shape index (κ2) is 7.92. The highest BCUT2D eigenvalue weighted by Gasteiger charge is 2.20. The third-order valence-electron chi connectivity index (χ3n) is 2.49. The maximum atomic E-state index is 11.7. The van der Waals surface area contributed by atoms with Gasteiger partial charge in [0.15, 0.2) is 0 Å². The molecule has 0 aromatic rings. The molecule has 16 heavy (non-hydrogen) atoms. The van der Waals surface area contributed by atoms with Gasteiger partial charge in [0.2, 0.25) is 0 Å². The van der Waals surface area contributed by atoms with Crippen LogP contribution in [0.3, 0.4) is 0 Å². The van der Waals surface area contributed by atoms with E-state index in [-0.39, 0.29) is 0 Å². The molecule has 0 aromatic carbocycles. The van der Waals surface area contributed by atoms with Gasteiger partial charge < -0.3 is 15.4 Å². The normalized spacial score (nSPS) is 18.0. The van der Waals surface area contributed by atoms with Crippen molar-refractivity contribution in [1.29, 1.82) is 0 Å². The molecule has 1 aliphatic rings. The Bertz CT molecular complexity index is 177. The summed E-state index contributed by atoms with van der Waals surface area (Å²) in [6, 6.07) is 1.16. The third kappa shape index (κ3) is 7.96. The van der Waals surface area contributed by atoms with Gasteiger partial charge in [-0.25, -0.2) is 8.78 Å². The van der Waals surface area contributed by atoms with E-state index in [4.69, 9.17) is 4.74 Å². The molecule has 1 aliphatic carbocycles. The van der Waals surface area contributed by atoms with Crippen molar-refractivity contribution >= 4 is 0 Å². The van der Waals surface area contributed by atoms with Crippen molar-refractivity contribution in [2.24, 2.45) is 0 Å². The summed E-state index contributed by atoms with van der Waals surface area (Å²) in [6.45, 7) is 3.87. The van der Waals surface area contributed by atoms with Gasteiger partial charge in [-0.05, 0) is 32.7 Å². The van der Waals surface area contributed by atoms with Crippen LogP contribution in [0.1, 0.15) is 26.2 Å². The Morgan fingerprint density at radius 2 is 2.12 bits per heavy atom. The SMILES string of the molecule is CC(CNC1CC1)NCCCOCC(F)F. The van der Waals surface area contributed by atoms with Gasteiger partial charge in [0, 0.05) is 25.2 Å². The van der Waals surface area contributed by atoms with Crippen LogP contribution in [0.15, 0.2) is 0 Å². The molecule has 1 saturated carbocycles. The van der Waals surface area contributed by atoms with E-state index in [1.165, 1.54) is 12.8 Å². The Hall–Kier alpha value is -0.260. The van der Waals surface area contributed by atoms with E-state index in [1.807, 2.05) is 0 Å². The molecule has 5 heteroatoms. The Morgan fingerprint density at radius 1 is 1.38 bits per heavy atom. The molecule has 0 heterocycles. The quantitative estimate of drug-likeness (QED) is 0.562. The van der Waals surface area contributed by atoms with Crippen molar-refractivity contribution < 1.29 is 13.5 Å². The van der Waals surface area contributed by atoms with Crippen molar-refractivity contribution in [1.82, 2.24) is 10.6 Å². The van der Waals surface area contributed by atoms with Crippen molar-refractivity contribution in [2.45, 2.75) is 44.7 Å². The molecule has 2 N–H and O–H groups in total. The van der Waals surface area contributed by atoms with E-state index in [0.29, 0.717) is 12.6 Å². The summed E-state index contributed by atoms with van der Waals surface area (Å²) in [5, 5.41) is 6.75. The second-order valence-corrected chi connectivity index (χ2v) is 4.36. The van der Waals surface area contributed by atoms with Crippen molar-refractivity contribution in [3.05, 3.63) is 0 Å². The molecule has 0 amide bonds. The van der Waals surface area contributed by atoms with E-state index in [2.05, 4.69) is 17.6 Å². The zero-order chi connectivity index (χ0) is 11.8. The first-order chi connectivity index (χ1) is 7.68. The Kier molecular flexibility index (Phi) is 6.84. The van der Waals surface area contributed by atoms with Gasteiger partial charge in [0.1, 0.15) is 6.61 Å². The number of rotatable bonds is 10. The summed E-state index contributed by atoms with van der Waals surface area (Å²) < 4.78 is 28.2. The number of hydrogen-bond donors (Lipinski definition) is 2. The predicted octanol–water partition coefficient (Wildman–Crippen LogP) is 1.39. The van der Waals surface area contributed by atoms with E-state index >= 15 is 0 Å². The summed E-state index contributed by atoms with van der Waals surface area (Å²) >= 11 is 0. The Morgan fingerprint density at radius 3 is 2.75 bits per heavy atom. The fourth-order valence-electron chi connectivity index (χ4n) is 1.40. The van der Waals surface area contributed by atoms with Gasteiger partial charge in [-0.2, -0.15) is 0 Å². The van der Waals surface area contributed by atoms with Crippen LogP contribution in [-0.2, 0) is 4.74 Å². The van der Waals surface area contributed by atoms with Crippen LogP contribution in [0.25, 0.3) is 0 Å². The van der Waals surface area contributed by atoms with Crippen molar-refractivity contribution in [3.63, 3.8) is 0 Å². The lowest BCUT2D eigenvalue weighted by molar-refractivity contribution is 0.0167. The molecule has 96 valence electrons. The second-order valence-electron chi connectivity index (χ2n) is 4.36. The van der Waals surface area contributed by atoms with Crippen molar-refractivity contribution in [2.75, 3.05) is 26.3 Å². The lowest BCUT2D eigenvalue weighted by Gasteiger charge is -2.14. The van der Waals surface area contributed by atoms with E-state index in [9.17, 15) is 8.78 Å². The zero-order valence-corrected chi connectivity index (χ0v) is 9.85. The standard InChI is InChI=1S/C11H22F2N2O/c1-9(7-15-10-3-4-10)14-5-2-6-16-8-11(12)13/h9-11,14-15H,2-8H2,1H3. The largest absolute Gasteiger partial charge is 0.375 e. The first-order valence-electron chi connectivity index (χ1n) is 6.01. The maximum Gasteiger partial charge on any atom is 0.261 e. The molecule has 0 saturated heterocycles. The van der Waals surface area contributed by atoms with Crippen LogP contribution in [0.2, 0.25) is 0 Å². The summed E-state index contributed by atoms with van der Waals surface area (Å²) in [5.74, 6) is 0. The number of halogens is 2. The Labute approximate surface area is 95.9 Å². The summed E-state index contributed by atoms with van der Waals surface area (Å²) in [5.41, 5.74) is 0.